The third-order valence-electron chi connectivity index (χ3n) is 5.57. The summed E-state index contributed by atoms with van der Waals surface area (Å²) in [4.78, 5) is 0. The van der Waals surface area contributed by atoms with Crippen molar-refractivity contribution in [2.24, 2.45) is 11.8 Å². The van der Waals surface area contributed by atoms with E-state index in [1.54, 1.807) is 0 Å². The van der Waals surface area contributed by atoms with Crippen molar-refractivity contribution in [3.05, 3.63) is 6.29 Å². The molecule has 1 atom stereocenters. The zero-order valence-corrected chi connectivity index (χ0v) is 18.8. The van der Waals surface area contributed by atoms with Gasteiger partial charge < -0.3 is 15.5 Å². The minimum Gasteiger partial charge on any atom is -0.361 e. The maximum Gasteiger partial charge on any atom is 0.221 e. The SMILES string of the molecule is CC(C)CCCCCCCCCCCCCCCNCCCC(C)[C](O)O. The molecule has 0 rings (SSSR count). The third-order valence-corrected chi connectivity index (χ3v) is 5.57. The highest BCUT2D eigenvalue weighted by molar-refractivity contribution is 4.68. The topological polar surface area (TPSA) is 52.5 Å². The van der Waals surface area contributed by atoms with Crippen molar-refractivity contribution >= 4 is 0 Å². The van der Waals surface area contributed by atoms with Crippen molar-refractivity contribution in [3.8, 4) is 0 Å². The Labute approximate surface area is 170 Å². The molecule has 0 aliphatic carbocycles. The van der Waals surface area contributed by atoms with Crippen LogP contribution in [0.3, 0.4) is 0 Å². The van der Waals surface area contributed by atoms with E-state index in [0.717, 1.165) is 31.8 Å². The van der Waals surface area contributed by atoms with Gasteiger partial charge in [-0.3, -0.25) is 0 Å². The predicted molar refractivity (Wildman–Crippen MR) is 118 cm³/mol. The van der Waals surface area contributed by atoms with Gasteiger partial charge in [-0.1, -0.05) is 104 Å². The number of aliphatic hydroxyl groups excluding tert-OH is 1. The summed E-state index contributed by atoms with van der Waals surface area (Å²) in [7, 11) is 0. The van der Waals surface area contributed by atoms with Crippen LogP contribution in [-0.4, -0.2) is 23.3 Å². The Kier molecular flexibility index (Phi) is 20.5. The molecule has 1 unspecified atom stereocenters. The van der Waals surface area contributed by atoms with E-state index in [1.165, 1.54) is 89.9 Å². The summed E-state index contributed by atoms with van der Waals surface area (Å²) in [6.45, 7) is 8.58. The second-order valence-corrected chi connectivity index (χ2v) is 8.93. The number of nitrogens with one attached hydrogen (secondary N) is 1. The van der Waals surface area contributed by atoms with Gasteiger partial charge in [0.15, 0.2) is 0 Å². The molecule has 0 aromatic rings. The Hall–Kier alpha value is -0.120. The van der Waals surface area contributed by atoms with Gasteiger partial charge >= 0.3 is 0 Å². The van der Waals surface area contributed by atoms with Crippen LogP contribution in [0.1, 0.15) is 124 Å². The van der Waals surface area contributed by atoms with E-state index in [1.807, 2.05) is 6.92 Å². The van der Waals surface area contributed by atoms with Gasteiger partial charge in [-0.2, -0.15) is 0 Å². The second kappa shape index (κ2) is 20.6. The fourth-order valence-corrected chi connectivity index (χ4v) is 3.53. The molecule has 0 bridgehead atoms. The van der Waals surface area contributed by atoms with Gasteiger partial charge in [-0.05, 0) is 38.3 Å². The third kappa shape index (κ3) is 22.0. The van der Waals surface area contributed by atoms with E-state index >= 15 is 0 Å². The summed E-state index contributed by atoms with van der Waals surface area (Å²) in [5.41, 5.74) is 0. The van der Waals surface area contributed by atoms with Crippen LogP contribution in [0.2, 0.25) is 0 Å². The molecule has 3 N–H and O–H groups in total. The highest BCUT2D eigenvalue weighted by Crippen LogP contribution is 2.15. The molecule has 0 spiro atoms. The molecule has 3 heteroatoms. The molecule has 0 amide bonds. The van der Waals surface area contributed by atoms with Crippen molar-refractivity contribution in [3.63, 3.8) is 0 Å². The van der Waals surface area contributed by atoms with E-state index in [9.17, 15) is 0 Å². The molecule has 1 radical (unpaired) electrons. The van der Waals surface area contributed by atoms with Crippen LogP contribution in [0.5, 0.6) is 0 Å². The van der Waals surface area contributed by atoms with Gasteiger partial charge in [0.2, 0.25) is 6.29 Å². The normalized spacial score (nSPS) is 13.0. The van der Waals surface area contributed by atoms with Crippen molar-refractivity contribution in [1.82, 2.24) is 5.32 Å². The van der Waals surface area contributed by atoms with Crippen LogP contribution >= 0.6 is 0 Å². The quantitative estimate of drug-likeness (QED) is 0.181. The van der Waals surface area contributed by atoms with E-state index < -0.39 is 6.29 Å². The number of hydrogen-bond donors (Lipinski definition) is 3. The lowest BCUT2D eigenvalue weighted by molar-refractivity contribution is 0.0359. The number of unbranched alkanes of at least 4 members (excludes halogenated alkanes) is 12. The molecule has 0 heterocycles. The van der Waals surface area contributed by atoms with E-state index in [-0.39, 0.29) is 5.92 Å². The van der Waals surface area contributed by atoms with Gasteiger partial charge in [0.05, 0.1) is 0 Å². The molecule has 0 saturated heterocycles. The smallest absolute Gasteiger partial charge is 0.221 e. The van der Waals surface area contributed by atoms with Gasteiger partial charge in [-0.15, -0.1) is 0 Å². The Bertz CT molecular complexity index is 282. The van der Waals surface area contributed by atoms with Gasteiger partial charge in [0.25, 0.3) is 0 Å². The molecular weight excluding hydrogens is 334 g/mol. The predicted octanol–water partition coefficient (Wildman–Crippen LogP) is 7.34. The first-order valence-corrected chi connectivity index (χ1v) is 12.0. The van der Waals surface area contributed by atoms with Crippen LogP contribution in [0, 0.1) is 18.1 Å². The second-order valence-electron chi connectivity index (χ2n) is 8.93. The van der Waals surface area contributed by atoms with Crippen molar-refractivity contribution < 1.29 is 10.2 Å². The minimum atomic E-state index is -0.424. The van der Waals surface area contributed by atoms with Crippen LogP contribution in [0.4, 0.5) is 0 Å². The Balaban J connectivity index is 3.05. The highest BCUT2D eigenvalue weighted by Gasteiger charge is 2.11. The summed E-state index contributed by atoms with van der Waals surface area (Å²) in [6, 6.07) is 0. The molecule has 0 aliphatic heterocycles. The number of aliphatic hydroxyl groups is 2. The summed E-state index contributed by atoms with van der Waals surface area (Å²) in [6.07, 6.45) is 21.2. The molecule has 0 aromatic carbocycles. The maximum absolute atomic E-state index is 8.93. The summed E-state index contributed by atoms with van der Waals surface area (Å²) in [5.74, 6) is 0.782. The number of hydrogen-bond acceptors (Lipinski definition) is 3. The minimum absolute atomic E-state index is 0.0958. The fourth-order valence-electron chi connectivity index (χ4n) is 3.53. The van der Waals surface area contributed by atoms with Gasteiger partial charge in [0.1, 0.15) is 0 Å². The molecule has 0 saturated carbocycles. The average molecular weight is 385 g/mol. The first-order valence-electron chi connectivity index (χ1n) is 12.0. The zero-order chi connectivity index (χ0) is 20.2. The van der Waals surface area contributed by atoms with Crippen molar-refractivity contribution in [2.45, 2.75) is 124 Å². The first kappa shape index (κ1) is 26.9. The maximum atomic E-state index is 8.93. The lowest BCUT2D eigenvalue weighted by Gasteiger charge is -2.11. The molecule has 0 aliphatic rings. The summed E-state index contributed by atoms with van der Waals surface area (Å²) < 4.78 is 0. The molecule has 0 aromatic heterocycles. The van der Waals surface area contributed by atoms with Crippen LogP contribution in [0.25, 0.3) is 0 Å². The van der Waals surface area contributed by atoms with Crippen LogP contribution in [0.15, 0.2) is 0 Å². The van der Waals surface area contributed by atoms with Gasteiger partial charge in [0, 0.05) is 5.92 Å². The summed E-state index contributed by atoms with van der Waals surface area (Å²) in [5, 5.41) is 21.3. The zero-order valence-electron chi connectivity index (χ0n) is 18.8. The summed E-state index contributed by atoms with van der Waals surface area (Å²) >= 11 is 0. The molecule has 163 valence electrons. The van der Waals surface area contributed by atoms with Crippen LogP contribution in [-0.2, 0) is 0 Å². The molecular formula is C24H50NO2. The highest BCUT2D eigenvalue weighted by atomic mass is 16.5. The van der Waals surface area contributed by atoms with Crippen molar-refractivity contribution in [2.75, 3.05) is 13.1 Å². The fraction of sp³-hybridized carbons (Fsp3) is 0.958. The molecule has 3 nitrogen and oxygen atoms in total. The van der Waals surface area contributed by atoms with Crippen molar-refractivity contribution in [1.29, 1.82) is 0 Å². The monoisotopic (exact) mass is 384 g/mol. The van der Waals surface area contributed by atoms with E-state index in [2.05, 4.69) is 19.2 Å². The van der Waals surface area contributed by atoms with Gasteiger partial charge in [-0.25, -0.2) is 0 Å². The Morgan fingerprint density at radius 2 is 0.963 bits per heavy atom. The lowest BCUT2D eigenvalue weighted by atomic mass is 10.0. The Morgan fingerprint density at radius 3 is 1.41 bits per heavy atom. The van der Waals surface area contributed by atoms with E-state index in [4.69, 9.17) is 10.2 Å². The van der Waals surface area contributed by atoms with E-state index in [0.29, 0.717) is 0 Å². The molecule has 27 heavy (non-hydrogen) atoms. The molecule has 0 fully saturated rings. The number of rotatable bonds is 21. The Morgan fingerprint density at radius 1 is 0.556 bits per heavy atom. The lowest BCUT2D eigenvalue weighted by Crippen LogP contribution is -2.18. The first-order chi connectivity index (χ1) is 13.0. The average Bonchev–Trinajstić information content (AvgIpc) is 2.63. The standard InChI is InChI=1S/C24H50NO2/c1-22(2)18-15-13-11-9-7-5-4-6-8-10-12-14-16-20-25-21-17-19-23(3)24(26)27/h22-23,25-27H,4-21H2,1-3H3. The largest absolute Gasteiger partial charge is 0.361 e. The van der Waals surface area contributed by atoms with Crippen LogP contribution < -0.4 is 5.32 Å².